The number of halogens is 3. The molecule has 4 nitrogen and oxygen atoms in total. The van der Waals surface area contributed by atoms with E-state index in [0.717, 1.165) is 0 Å². The molecule has 0 fully saturated rings. The monoisotopic (exact) mass is 325 g/mol. The zero-order chi connectivity index (χ0) is 15.5. The summed E-state index contributed by atoms with van der Waals surface area (Å²) in [5, 5.41) is 2.33. The highest BCUT2D eigenvalue weighted by atomic mass is 35.7. The van der Waals surface area contributed by atoms with E-state index in [1.54, 1.807) is 0 Å². The maximum Gasteiger partial charge on any atom is 0.264 e. The van der Waals surface area contributed by atoms with Crippen LogP contribution < -0.4 is 5.32 Å². The Morgan fingerprint density at radius 1 is 1.35 bits per heavy atom. The Kier molecular flexibility index (Phi) is 5.47. The van der Waals surface area contributed by atoms with E-state index in [-0.39, 0.29) is 6.54 Å². The molecule has 1 aromatic carbocycles. The van der Waals surface area contributed by atoms with Gasteiger partial charge < -0.3 is 5.32 Å². The van der Waals surface area contributed by atoms with Gasteiger partial charge in [-0.25, -0.2) is 17.2 Å². The largest absolute Gasteiger partial charge is 0.352 e. The van der Waals surface area contributed by atoms with Crippen LogP contribution in [0.3, 0.4) is 0 Å². The van der Waals surface area contributed by atoms with Gasteiger partial charge in [0.25, 0.3) is 15.0 Å². The molecule has 1 aromatic rings. The highest BCUT2D eigenvalue weighted by Crippen LogP contribution is 2.23. The molecule has 0 unspecified atom stereocenters. The lowest BCUT2D eigenvalue weighted by Gasteiger charge is -2.10. The standard InChI is InChI=1S/C12H14ClF2NO3S/c1-7(2)5-6-16-12(17)10-8(14)3-4-9(11(10)15)20(13,18)19/h3-4,7H,5-6H2,1-2H3,(H,16,17). The number of benzene rings is 1. The first kappa shape index (κ1) is 16.8. The van der Waals surface area contributed by atoms with Gasteiger partial charge in [-0.3, -0.25) is 4.79 Å². The van der Waals surface area contributed by atoms with Crippen molar-refractivity contribution >= 4 is 25.6 Å². The summed E-state index contributed by atoms with van der Waals surface area (Å²) >= 11 is 0. The number of rotatable bonds is 5. The normalized spacial score (nSPS) is 11.7. The van der Waals surface area contributed by atoms with E-state index in [1.165, 1.54) is 0 Å². The van der Waals surface area contributed by atoms with Crippen molar-refractivity contribution in [3.8, 4) is 0 Å². The van der Waals surface area contributed by atoms with Crippen LogP contribution in [0, 0.1) is 17.6 Å². The first-order chi connectivity index (χ1) is 9.14. The van der Waals surface area contributed by atoms with Crippen molar-refractivity contribution < 1.29 is 22.0 Å². The number of carbonyl (C=O) groups is 1. The van der Waals surface area contributed by atoms with E-state index in [4.69, 9.17) is 10.7 Å². The summed E-state index contributed by atoms with van der Waals surface area (Å²) in [5.74, 6) is -3.34. The molecule has 0 aromatic heterocycles. The summed E-state index contributed by atoms with van der Waals surface area (Å²) in [6.07, 6.45) is 0.627. The third-order valence-electron chi connectivity index (χ3n) is 2.55. The van der Waals surface area contributed by atoms with Gasteiger partial charge in [0.05, 0.1) is 0 Å². The molecule has 1 N–H and O–H groups in total. The molecular weight excluding hydrogens is 312 g/mol. The summed E-state index contributed by atoms with van der Waals surface area (Å²) in [5.41, 5.74) is -0.949. The van der Waals surface area contributed by atoms with E-state index >= 15 is 0 Å². The zero-order valence-electron chi connectivity index (χ0n) is 10.9. The fraction of sp³-hybridized carbons (Fsp3) is 0.417. The summed E-state index contributed by atoms with van der Waals surface area (Å²) in [7, 11) is 0.627. The SMILES string of the molecule is CC(C)CCNC(=O)c1c(F)ccc(S(=O)(=O)Cl)c1F. The Morgan fingerprint density at radius 3 is 2.45 bits per heavy atom. The van der Waals surface area contributed by atoms with Crippen molar-refractivity contribution in [3.63, 3.8) is 0 Å². The van der Waals surface area contributed by atoms with E-state index in [1.807, 2.05) is 13.8 Å². The molecule has 1 rings (SSSR count). The summed E-state index contributed by atoms with van der Waals surface area (Å²) in [6.45, 7) is 4.08. The fourth-order valence-electron chi connectivity index (χ4n) is 1.49. The third-order valence-corrected chi connectivity index (χ3v) is 3.89. The number of nitrogens with one attached hydrogen (secondary N) is 1. The van der Waals surface area contributed by atoms with Crippen molar-refractivity contribution in [2.24, 2.45) is 5.92 Å². The fourth-order valence-corrected chi connectivity index (χ4v) is 2.40. The number of amides is 1. The molecule has 20 heavy (non-hydrogen) atoms. The molecule has 0 bridgehead atoms. The van der Waals surface area contributed by atoms with Crippen molar-refractivity contribution in [2.45, 2.75) is 25.2 Å². The second-order valence-corrected chi connectivity index (χ2v) is 7.15. The summed E-state index contributed by atoms with van der Waals surface area (Å²) in [6, 6.07) is 1.37. The summed E-state index contributed by atoms with van der Waals surface area (Å²) in [4.78, 5) is 10.8. The molecule has 8 heteroatoms. The zero-order valence-corrected chi connectivity index (χ0v) is 12.5. The van der Waals surface area contributed by atoms with Gasteiger partial charge >= 0.3 is 0 Å². The lowest BCUT2D eigenvalue weighted by atomic mass is 10.1. The van der Waals surface area contributed by atoms with Crippen molar-refractivity contribution in [1.82, 2.24) is 5.32 Å². The Hall–Kier alpha value is -1.21. The second-order valence-electron chi connectivity index (χ2n) is 4.61. The lowest BCUT2D eigenvalue weighted by molar-refractivity contribution is 0.0943. The molecule has 0 radical (unpaired) electrons. The molecule has 0 atom stereocenters. The van der Waals surface area contributed by atoms with Gasteiger partial charge in [-0.05, 0) is 24.5 Å². The van der Waals surface area contributed by atoms with Crippen LogP contribution >= 0.6 is 10.7 Å². The van der Waals surface area contributed by atoms with Gasteiger partial charge in [0.1, 0.15) is 16.3 Å². The smallest absolute Gasteiger partial charge is 0.264 e. The van der Waals surface area contributed by atoms with Crippen LogP contribution in [0.25, 0.3) is 0 Å². The minimum Gasteiger partial charge on any atom is -0.352 e. The maximum absolute atomic E-state index is 13.9. The molecule has 0 aliphatic carbocycles. The van der Waals surface area contributed by atoms with Crippen LogP contribution in [-0.4, -0.2) is 20.9 Å². The molecular formula is C12H14ClF2NO3S. The third kappa shape index (κ3) is 4.14. The molecule has 0 saturated carbocycles. The topological polar surface area (TPSA) is 63.2 Å². The second kappa shape index (κ2) is 6.49. The quantitative estimate of drug-likeness (QED) is 0.847. The Labute approximate surface area is 120 Å². The van der Waals surface area contributed by atoms with E-state index in [2.05, 4.69) is 5.32 Å². The van der Waals surface area contributed by atoms with Gasteiger partial charge in [0.15, 0.2) is 5.82 Å². The highest BCUT2D eigenvalue weighted by molar-refractivity contribution is 8.13. The van der Waals surface area contributed by atoms with Gasteiger partial charge in [-0.15, -0.1) is 0 Å². The predicted octanol–water partition coefficient (Wildman–Crippen LogP) is 2.67. The van der Waals surface area contributed by atoms with Gasteiger partial charge in [-0.1, -0.05) is 13.8 Å². The van der Waals surface area contributed by atoms with Crippen molar-refractivity contribution in [2.75, 3.05) is 6.54 Å². The van der Waals surface area contributed by atoms with Crippen LogP contribution in [0.4, 0.5) is 8.78 Å². The lowest BCUT2D eigenvalue weighted by Crippen LogP contribution is -2.27. The van der Waals surface area contributed by atoms with Crippen LogP contribution in [0.1, 0.15) is 30.6 Å². The van der Waals surface area contributed by atoms with Gasteiger partial charge in [0.2, 0.25) is 0 Å². The first-order valence-corrected chi connectivity index (χ1v) is 8.16. The molecule has 0 saturated heterocycles. The van der Waals surface area contributed by atoms with E-state index < -0.39 is 37.1 Å². The summed E-state index contributed by atoms with van der Waals surface area (Å²) < 4.78 is 49.6. The van der Waals surface area contributed by atoms with Gasteiger partial charge in [0, 0.05) is 17.2 Å². The minimum absolute atomic E-state index is 0.229. The van der Waals surface area contributed by atoms with Crippen molar-refractivity contribution in [3.05, 3.63) is 29.3 Å². The van der Waals surface area contributed by atoms with Crippen molar-refractivity contribution in [1.29, 1.82) is 0 Å². The molecule has 0 spiro atoms. The molecule has 0 aliphatic rings. The van der Waals surface area contributed by atoms with E-state index in [0.29, 0.717) is 24.5 Å². The number of carbonyl (C=O) groups excluding carboxylic acids is 1. The molecule has 0 aliphatic heterocycles. The van der Waals surface area contributed by atoms with Crippen LogP contribution in [0.2, 0.25) is 0 Å². The van der Waals surface area contributed by atoms with Crippen LogP contribution in [0.5, 0.6) is 0 Å². The maximum atomic E-state index is 13.9. The molecule has 0 heterocycles. The average Bonchev–Trinajstić information content (AvgIpc) is 2.26. The number of hydrogen-bond donors (Lipinski definition) is 1. The van der Waals surface area contributed by atoms with Crippen LogP contribution in [0.15, 0.2) is 17.0 Å². The average molecular weight is 326 g/mol. The Morgan fingerprint density at radius 2 is 1.95 bits per heavy atom. The Balaban J connectivity index is 3.09. The Bertz CT molecular complexity index is 617. The predicted molar refractivity (Wildman–Crippen MR) is 71.2 cm³/mol. The first-order valence-electron chi connectivity index (χ1n) is 5.85. The number of hydrogen-bond acceptors (Lipinski definition) is 3. The van der Waals surface area contributed by atoms with E-state index in [9.17, 15) is 22.0 Å². The highest BCUT2D eigenvalue weighted by Gasteiger charge is 2.25. The minimum atomic E-state index is -4.39. The van der Waals surface area contributed by atoms with Crippen LogP contribution in [-0.2, 0) is 9.05 Å². The molecule has 1 amide bonds. The molecule has 112 valence electrons. The van der Waals surface area contributed by atoms with Gasteiger partial charge in [-0.2, -0.15) is 0 Å².